The molecule has 1 fully saturated rings. The van der Waals surface area contributed by atoms with Crippen molar-refractivity contribution in [2.75, 3.05) is 27.3 Å². The lowest BCUT2D eigenvalue weighted by Gasteiger charge is -2.19. The number of carbonyl (C=O) groups excluding carboxylic acids is 1. The number of hydrogen-bond acceptors (Lipinski definition) is 5. The Bertz CT molecular complexity index is 907. The van der Waals surface area contributed by atoms with Crippen molar-refractivity contribution < 1.29 is 14.3 Å². The van der Waals surface area contributed by atoms with Crippen LogP contribution in [0.4, 0.5) is 0 Å². The maximum absolute atomic E-state index is 12.7. The first-order valence-corrected chi connectivity index (χ1v) is 8.97. The molecule has 0 bridgehead atoms. The summed E-state index contributed by atoms with van der Waals surface area (Å²) in [6.07, 6.45) is 0.843. The Morgan fingerprint density at radius 2 is 2.00 bits per heavy atom. The van der Waals surface area contributed by atoms with Crippen LogP contribution in [0.2, 0.25) is 0 Å². The zero-order valence-electron chi connectivity index (χ0n) is 16.2. The summed E-state index contributed by atoms with van der Waals surface area (Å²) >= 11 is 0. The van der Waals surface area contributed by atoms with Crippen molar-refractivity contribution in [1.82, 2.24) is 14.5 Å². The average Bonchev–Trinajstić information content (AvgIpc) is 3.14. The van der Waals surface area contributed by atoms with E-state index in [9.17, 15) is 9.59 Å². The fraction of sp³-hybridized carbons (Fsp3) is 0.450. The number of nitrogens with zero attached hydrogens (tertiary/aromatic N) is 3. The minimum Gasteiger partial charge on any atom is -0.497 e. The molecule has 0 spiro atoms. The molecule has 1 atom stereocenters. The summed E-state index contributed by atoms with van der Waals surface area (Å²) in [5.41, 5.74) is 2.06. The molecule has 3 rings (SSSR count). The zero-order chi connectivity index (χ0) is 19.6. The highest BCUT2D eigenvalue weighted by Gasteiger charge is 2.29. The van der Waals surface area contributed by atoms with Crippen molar-refractivity contribution in [3.05, 3.63) is 51.7 Å². The molecule has 2 heterocycles. The highest BCUT2D eigenvalue weighted by Crippen LogP contribution is 2.36. The largest absolute Gasteiger partial charge is 0.497 e. The number of aryl methyl sites for hydroxylation is 2. The minimum atomic E-state index is -0.383. The molecule has 7 heteroatoms. The predicted molar refractivity (Wildman–Crippen MR) is 101 cm³/mol. The van der Waals surface area contributed by atoms with E-state index in [4.69, 9.17) is 9.47 Å². The molecule has 1 aliphatic rings. The Morgan fingerprint density at radius 3 is 2.67 bits per heavy atom. The van der Waals surface area contributed by atoms with Gasteiger partial charge < -0.3 is 14.4 Å². The topological polar surface area (TPSA) is 73.7 Å². The molecule has 7 nitrogen and oxygen atoms in total. The first-order chi connectivity index (χ1) is 12.9. The van der Waals surface area contributed by atoms with Crippen LogP contribution in [0.15, 0.2) is 29.1 Å². The van der Waals surface area contributed by atoms with Crippen LogP contribution in [0.3, 0.4) is 0 Å². The fourth-order valence-electron chi connectivity index (χ4n) is 3.60. The van der Waals surface area contributed by atoms with E-state index in [1.54, 1.807) is 26.0 Å². The van der Waals surface area contributed by atoms with E-state index in [-0.39, 0.29) is 24.1 Å². The second-order valence-corrected chi connectivity index (χ2v) is 6.84. The van der Waals surface area contributed by atoms with Crippen molar-refractivity contribution >= 4 is 5.91 Å². The van der Waals surface area contributed by atoms with Gasteiger partial charge in [0.05, 0.1) is 14.2 Å². The van der Waals surface area contributed by atoms with Crippen LogP contribution >= 0.6 is 0 Å². The lowest BCUT2D eigenvalue weighted by molar-refractivity contribution is -0.130. The number of likely N-dealkylation sites (tertiary alicyclic amines) is 1. The monoisotopic (exact) mass is 371 g/mol. The van der Waals surface area contributed by atoms with E-state index < -0.39 is 0 Å². The van der Waals surface area contributed by atoms with Crippen LogP contribution in [-0.2, 0) is 11.3 Å². The van der Waals surface area contributed by atoms with Gasteiger partial charge in [0.15, 0.2) is 0 Å². The van der Waals surface area contributed by atoms with E-state index in [1.165, 1.54) is 4.57 Å². The molecule has 0 saturated carbocycles. The number of carbonyl (C=O) groups is 1. The van der Waals surface area contributed by atoms with Crippen LogP contribution in [-0.4, -0.2) is 47.7 Å². The van der Waals surface area contributed by atoms with Crippen molar-refractivity contribution in [3.63, 3.8) is 0 Å². The summed E-state index contributed by atoms with van der Waals surface area (Å²) < 4.78 is 12.2. The fourth-order valence-corrected chi connectivity index (χ4v) is 3.60. The summed E-state index contributed by atoms with van der Waals surface area (Å²) in [5, 5.41) is 0. The quantitative estimate of drug-likeness (QED) is 0.803. The molecule has 0 N–H and O–H groups in total. The van der Waals surface area contributed by atoms with E-state index >= 15 is 0 Å². The van der Waals surface area contributed by atoms with E-state index in [0.717, 1.165) is 29.2 Å². The molecular weight excluding hydrogens is 346 g/mol. The van der Waals surface area contributed by atoms with Crippen LogP contribution < -0.4 is 15.2 Å². The molecule has 0 radical (unpaired) electrons. The molecule has 27 heavy (non-hydrogen) atoms. The zero-order valence-corrected chi connectivity index (χ0v) is 16.2. The van der Waals surface area contributed by atoms with Gasteiger partial charge in [0, 0.05) is 36.0 Å². The van der Waals surface area contributed by atoms with Crippen molar-refractivity contribution in [3.8, 4) is 11.5 Å². The highest BCUT2D eigenvalue weighted by atomic mass is 16.5. The molecule has 1 amide bonds. The van der Waals surface area contributed by atoms with Gasteiger partial charge in [0.2, 0.25) is 5.91 Å². The summed E-state index contributed by atoms with van der Waals surface area (Å²) in [5.74, 6) is 1.66. The molecule has 1 unspecified atom stereocenters. The molecular formula is C20H25N3O4. The van der Waals surface area contributed by atoms with Gasteiger partial charge in [-0.1, -0.05) is 0 Å². The molecule has 1 saturated heterocycles. The third-order valence-electron chi connectivity index (χ3n) is 5.06. The minimum absolute atomic E-state index is 0.0138. The summed E-state index contributed by atoms with van der Waals surface area (Å²) in [6, 6.07) is 7.53. The lowest BCUT2D eigenvalue weighted by Crippen LogP contribution is -2.36. The Balaban J connectivity index is 1.75. The smallest absolute Gasteiger partial charge is 0.348 e. The molecule has 2 aromatic rings. The maximum atomic E-state index is 12.7. The number of hydrogen-bond donors (Lipinski definition) is 0. The van der Waals surface area contributed by atoms with Gasteiger partial charge in [-0.05, 0) is 44.5 Å². The number of methoxy groups -OCH3 is 2. The van der Waals surface area contributed by atoms with Gasteiger partial charge >= 0.3 is 5.69 Å². The number of rotatable bonds is 5. The molecule has 1 aliphatic heterocycles. The number of amides is 1. The van der Waals surface area contributed by atoms with Gasteiger partial charge in [-0.2, -0.15) is 4.98 Å². The third-order valence-corrected chi connectivity index (χ3v) is 5.06. The van der Waals surface area contributed by atoms with Gasteiger partial charge in [0.25, 0.3) is 0 Å². The molecule has 1 aromatic heterocycles. The van der Waals surface area contributed by atoms with Crippen LogP contribution in [0.25, 0.3) is 0 Å². The third kappa shape index (κ3) is 3.97. The summed E-state index contributed by atoms with van der Waals surface area (Å²) in [4.78, 5) is 30.6. The number of aromatic nitrogens is 2. The van der Waals surface area contributed by atoms with Gasteiger partial charge in [-0.25, -0.2) is 4.79 Å². The predicted octanol–water partition coefficient (Wildman–Crippen LogP) is 1.89. The molecule has 144 valence electrons. The number of ether oxygens (including phenoxy) is 2. The van der Waals surface area contributed by atoms with Crippen molar-refractivity contribution in [2.24, 2.45) is 0 Å². The maximum Gasteiger partial charge on any atom is 0.348 e. The average molecular weight is 371 g/mol. The standard InChI is InChI=1S/C20H25N3O4/c1-13-9-14(2)23(20(25)21-13)12-19(24)22-8-7-15(11-22)17-10-16(26-3)5-6-18(17)27-4/h5-6,9-10,15H,7-8,11-12H2,1-4H3. The SMILES string of the molecule is COc1ccc(OC)c(C2CCN(C(=O)Cn3c(C)cc(C)nc3=O)C2)c1. The normalized spacial score (nSPS) is 16.4. The first kappa shape index (κ1) is 18.9. The molecule has 0 aliphatic carbocycles. The Kier molecular flexibility index (Phi) is 5.48. The van der Waals surface area contributed by atoms with Crippen LogP contribution in [0.1, 0.15) is 29.3 Å². The van der Waals surface area contributed by atoms with Crippen molar-refractivity contribution in [1.29, 1.82) is 0 Å². The number of benzene rings is 1. The van der Waals surface area contributed by atoms with Gasteiger partial charge in [-0.3, -0.25) is 9.36 Å². The van der Waals surface area contributed by atoms with Gasteiger partial charge in [0.1, 0.15) is 18.0 Å². The first-order valence-electron chi connectivity index (χ1n) is 8.97. The lowest BCUT2D eigenvalue weighted by atomic mass is 9.97. The highest BCUT2D eigenvalue weighted by molar-refractivity contribution is 5.76. The summed E-state index contributed by atoms with van der Waals surface area (Å²) in [6.45, 7) is 4.84. The Labute approximate surface area is 158 Å². The molecule has 1 aromatic carbocycles. The van der Waals surface area contributed by atoms with E-state index in [2.05, 4.69) is 4.98 Å². The van der Waals surface area contributed by atoms with E-state index in [1.807, 2.05) is 31.2 Å². The van der Waals surface area contributed by atoms with Gasteiger partial charge in [-0.15, -0.1) is 0 Å². The van der Waals surface area contributed by atoms with Crippen LogP contribution in [0.5, 0.6) is 11.5 Å². The van der Waals surface area contributed by atoms with E-state index in [0.29, 0.717) is 18.8 Å². The second kappa shape index (κ2) is 7.82. The van der Waals surface area contributed by atoms with Crippen molar-refractivity contribution in [2.45, 2.75) is 32.7 Å². The Morgan fingerprint density at radius 1 is 1.22 bits per heavy atom. The second-order valence-electron chi connectivity index (χ2n) is 6.84. The Hall–Kier alpha value is -2.83. The van der Waals surface area contributed by atoms with Crippen LogP contribution in [0, 0.1) is 13.8 Å². The summed E-state index contributed by atoms with van der Waals surface area (Å²) in [7, 11) is 3.27.